The summed E-state index contributed by atoms with van der Waals surface area (Å²) in [5, 5.41) is 4.08. The van der Waals surface area contributed by atoms with Crippen LogP contribution >= 0.6 is 15.9 Å². The zero-order valence-corrected chi connectivity index (χ0v) is 10.1. The van der Waals surface area contributed by atoms with Gasteiger partial charge in [-0.2, -0.15) is 9.78 Å². The van der Waals surface area contributed by atoms with Crippen molar-refractivity contribution in [1.82, 2.24) is 9.78 Å². The van der Waals surface area contributed by atoms with Crippen molar-refractivity contribution in [1.29, 1.82) is 0 Å². The largest absolute Gasteiger partial charge is 0.497 e. The standard InChI is InChI=1S/C11H9BrN2O2/c1-16-9-4-2-3-8(7-9)14-11(15)6-5-10(12)13-14/h2-7H,1H3. The Kier molecular flexibility index (Phi) is 3.05. The maximum Gasteiger partial charge on any atom is 0.271 e. The first-order chi connectivity index (χ1) is 7.70. The van der Waals surface area contributed by atoms with E-state index >= 15 is 0 Å². The van der Waals surface area contributed by atoms with Crippen molar-refractivity contribution in [2.24, 2.45) is 0 Å². The summed E-state index contributed by atoms with van der Waals surface area (Å²) in [5.74, 6) is 0.686. The van der Waals surface area contributed by atoms with Crippen molar-refractivity contribution in [3.05, 3.63) is 51.4 Å². The van der Waals surface area contributed by atoms with Crippen LogP contribution in [-0.2, 0) is 0 Å². The molecular formula is C11H9BrN2O2. The Morgan fingerprint density at radius 1 is 1.31 bits per heavy atom. The van der Waals surface area contributed by atoms with E-state index in [2.05, 4.69) is 21.0 Å². The lowest BCUT2D eigenvalue weighted by Gasteiger charge is -2.06. The van der Waals surface area contributed by atoms with Gasteiger partial charge in [-0.3, -0.25) is 4.79 Å². The molecule has 1 aromatic heterocycles. The van der Waals surface area contributed by atoms with Crippen LogP contribution in [0.2, 0.25) is 0 Å². The molecule has 0 fully saturated rings. The van der Waals surface area contributed by atoms with Gasteiger partial charge in [0.05, 0.1) is 12.8 Å². The Balaban J connectivity index is 2.58. The summed E-state index contributed by atoms with van der Waals surface area (Å²) >= 11 is 3.23. The summed E-state index contributed by atoms with van der Waals surface area (Å²) in [7, 11) is 1.58. The fraction of sp³-hybridized carbons (Fsp3) is 0.0909. The van der Waals surface area contributed by atoms with Crippen LogP contribution in [0.15, 0.2) is 45.8 Å². The van der Waals surface area contributed by atoms with Crippen LogP contribution < -0.4 is 10.3 Å². The molecule has 0 atom stereocenters. The number of aromatic nitrogens is 2. The summed E-state index contributed by atoms with van der Waals surface area (Å²) in [6.07, 6.45) is 0. The molecule has 4 nitrogen and oxygen atoms in total. The molecule has 0 aliphatic rings. The zero-order chi connectivity index (χ0) is 11.5. The van der Waals surface area contributed by atoms with E-state index in [0.717, 1.165) is 0 Å². The molecule has 82 valence electrons. The van der Waals surface area contributed by atoms with Crippen LogP contribution in [0.4, 0.5) is 0 Å². The first kappa shape index (κ1) is 10.9. The highest BCUT2D eigenvalue weighted by molar-refractivity contribution is 9.10. The van der Waals surface area contributed by atoms with Gasteiger partial charge in [0.2, 0.25) is 0 Å². The Morgan fingerprint density at radius 3 is 2.88 bits per heavy atom. The highest BCUT2D eigenvalue weighted by Crippen LogP contribution is 2.14. The molecule has 0 bridgehead atoms. The molecule has 0 aliphatic carbocycles. The molecule has 0 N–H and O–H groups in total. The Hall–Kier alpha value is -1.62. The molecular weight excluding hydrogens is 272 g/mol. The number of rotatable bonds is 2. The number of ether oxygens (including phenoxy) is 1. The van der Waals surface area contributed by atoms with E-state index in [1.807, 2.05) is 12.1 Å². The monoisotopic (exact) mass is 280 g/mol. The van der Waals surface area contributed by atoms with Gasteiger partial charge in [-0.15, -0.1) is 0 Å². The van der Waals surface area contributed by atoms with Gasteiger partial charge in [0.15, 0.2) is 0 Å². The van der Waals surface area contributed by atoms with E-state index in [0.29, 0.717) is 16.0 Å². The number of methoxy groups -OCH3 is 1. The second kappa shape index (κ2) is 4.49. The van der Waals surface area contributed by atoms with Crippen LogP contribution in [-0.4, -0.2) is 16.9 Å². The number of nitrogens with zero attached hydrogens (tertiary/aromatic N) is 2. The minimum atomic E-state index is -0.184. The van der Waals surface area contributed by atoms with E-state index in [1.54, 1.807) is 25.3 Å². The molecule has 2 aromatic rings. The molecule has 0 radical (unpaired) electrons. The normalized spacial score (nSPS) is 10.1. The number of hydrogen-bond acceptors (Lipinski definition) is 3. The molecule has 0 amide bonds. The molecule has 0 saturated heterocycles. The van der Waals surface area contributed by atoms with E-state index in [1.165, 1.54) is 10.7 Å². The topological polar surface area (TPSA) is 44.1 Å². The van der Waals surface area contributed by atoms with Gasteiger partial charge in [-0.1, -0.05) is 6.07 Å². The highest BCUT2D eigenvalue weighted by Gasteiger charge is 2.02. The first-order valence-electron chi connectivity index (χ1n) is 4.61. The van der Waals surface area contributed by atoms with Gasteiger partial charge in [0.25, 0.3) is 5.56 Å². The maximum atomic E-state index is 11.6. The zero-order valence-electron chi connectivity index (χ0n) is 8.55. The number of hydrogen-bond donors (Lipinski definition) is 0. The van der Waals surface area contributed by atoms with Crippen molar-refractivity contribution in [3.63, 3.8) is 0 Å². The van der Waals surface area contributed by atoms with Crippen LogP contribution in [0, 0.1) is 0 Å². The van der Waals surface area contributed by atoms with Crippen LogP contribution in [0.3, 0.4) is 0 Å². The summed E-state index contributed by atoms with van der Waals surface area (Å²) in [4.78, 5) is 11.6. The van der Waals surface area contributed by atoms with E-state index in [4.69, 9.17) is 4.74 Å². The Labute approximate surface area is 101 Å². The third-order valence-corrected chi connectivity index (χ3v) is 2.49. The molecule has 0 spiro atoms. The first-order valence-corrected chi connectivity index (χ1v) is 5.40. The van der Waals surface area contributed by atoms with Crippen molar-refractivity contribution in [3.8, 4) is 11.4 Å². The fourth-order valence-electron chi connectivity index (χ4n) is 1.32. The molecule has 5 heteroatoms. The van der Waals surface area contributed by atoms with E-state index in [-0.39, 0.29) is 5.56 Å². The van der Waals surface area contributed by atoms with E-state index in [9.17, 15) is 4.79 Å². The summed E-state index contributed by atoms with van der Waals surface area (Å²) in [6, 6.07) is 10.2. The predicted octanol–water partition coefficient (Wildman–Crippen LogP) is 2.00. The Morgan fingerprint density at radius 2 is 2.12 bits per heavy atom. The van der Waals surface area contributed by atoms with Crippen molar-refractivity contribution in [2.75, 3.05) is 7.11 Å². The third kappa shape index (κ3) is 2.14. The molecule has 1 heterocycles. The van der Waals surface area contributed by atoms with Crippen LogP contribution in [0.5, 0.6) is 5.75 Å². The van der Waals surface area contributed by atoms with Crippen LogP contribution in [0.25, 0.3) is 5.69 Å². The second-order valence-electron chi connectivity index (χ2n) is 3.11. The predicted molar refractivity (Wildman–Crippen MR) is 64.1 cm³/mol. The molecule has 16 heavy (non-hydrogen) atoms. The molecule has 2 rings (SSSR count). The minimum absolute atomic E-state index is 0.184. The van der Waals surface area contributed by atoms with Gasteiger partial charge >= 0.3 is 0 Å². The lowest BCUT2D eigenvalue weighted by molar-refractivity contribution is 0.414. The number of benzene rings is 1. The summed E-state index contributed by atoms with van der Waals surface area (Å²) < 4.78 is 7.01. The minimum Gasteiger partial charge on any atom is -0.497 e. The molecule has 1 aromatic carbocycles. The van der Waals surface area contributed by atoms with Gasteiger partial charge in [0.1, 0.15) is 10.4 Å². The maximum absolute atomic E-state index is 11.6. The smallest absolute Gasteiger partial charge is 0.271 e. The van der Waals surface area contributed by atoms with Crippen LogP contribution in [0.1, 0.15) is 0 Å². The second-order valence-corrected chi connectivity index (χ2v) is 3.92. The van der Waals surface area contributed by atoms with Gasteiger partial charge in [0, 0.05) is 12.1 Å². The molecule has 0 saturated carbocycles. The quantitative estimate of drug-likeness (QED) is 0.845. The van der Waals surface area contributed by atoms with Gasteiger partial charge < -0.3 is 4.74 Å². The average Bonchev–Trinajstić information content (AvgIpc) is 2.32. The van der Waals surface area contributed by atoms with Crippen molar-refractivity contribution < 1.29 is 4.74 Å². The highest BCUT2D eigenvalue weighted by atomic mass is 79.9. The van der Waals surface area contributed by atoms with Gasteiger partial charge in [-0.25, -0.2) is 0 Å². The lowest BCUT2D eigenvalue weighted by Crippen LogP contribution is -2.19. The number of halogens is 1. The molecule has 0 unspecified atom stereocenters. The summed E-state index contributed by atoms with van der Waals surface area (Å²) in [6.45, 7) is 0. The molecule has 0 aliphatic heterocycles. The van der Waals surface area contributed by atoms with E-state index < -0.39 is 0 Å². The fourth-order valence-corrected chi connectivity index (χ4v) is 1.61. The van der Waals surface area contributed by atoms with Crippen molar-refractivity contribution in [2.45, 2.75) is 0 Å². The average molecular weight is 281 g/mol. The third-order valence-electron chi connectivity index (χ3n) is 2.07. The van der Waals surface area contributed by atoms with Crippen molar-refractivity contribution >= 4 is 15.9 Å². The Bertz CT molecular complexity index is 566. The lowest BCUT2D eigenvalue weighted by atomic mass is 10.3. The SMILES string of the molecule is COc1cccc(-n2nc(Br)ccc2=O)c1. The summed E-state index contributed by atoms with van der Waals surface area (Å²) in [5.41, 5.74) is 0.488. The van der Waals surface area contributed by atoms with Gasteiger partial charge in [-0.05, 0) is 34.1 Å².